The molecule has 1 saturated heterocycles. The zero-order valence-electron chi connectivity index (χ0n) is 12.1. The van der Waals surface area contributed by atoms with Crippen molar-refractivity contribution in [3.8, 4) is 11.8 Å². The number of hydrogen-bond acceptors (Lipinski definition) is 3. The van der Waals surface area contributed by atoms with Gasteiger partial charge in [-0.2, -0.15) is 0 Å². The fraction of sp³-hybridized carbons (Fsp3) is 0.562. The summed E-state index contributed by atoms with van der Waals surface area (Å²) in [6.07, 6.45) is 2.76. The fourth-order valence-corrected chi connectivity index (χ4v) is 3.21. The maximum absolute atomic E-state index is 12.5. The van der Waals surface area contributed by atoms with Crippen LogP contribution < -0.4 is 0 Å². The van der Waals surface area contributed by atoms with Crippen LogP contribution in [-0.2, 0) is 0 Å². The molecule has 2 rings (SSSR count). The van der Waals surface area contributed by atoms with Gasteiger partial charge in [0.15, 0.2) is 0 Å². The molecule has 20 heavy (non-hydrogen) atoms. The molecule has 1 aliphatic heterocycles. The third-order valence-corrected chi connectivity index (χ3v) is 4.52. The molecule has 1 aromatic heterocycles. The van der Waals surface area contributed by atoms with Gasteiger partial charge in [-0.3, -0.25) is 4.79 Å². The number of amides is 1. The van der Waals surface area contributed by atoms with Crippen LogP contribution in [0.15, 0.2) is 11.4 Å². The third-order valence-electron chi connectivity index (χ3n) is 3.67. The highest BCUT2D eigenvalue weighted by Crippen LogP contribution is 2.24. The van der Waals surface area contributed by atoms with Crippen molar-refractivity contribution in [1.82, 2.24) is 4.90 Å². The van der Waals surface area contributed by atoms with Crippen LogP contribution in [0.2, 0.25) is 0 Å². The average molecular weight is 291 g/mol. The summed E-state index contributed by atoms with van der Waals surface area (Å²) in [6.45, 7) is 5.25. The number of aliphatic hydroxyl groups is 1. The van der Waals surface area contributed by atoms with E-state index in [1.165, 1.54) is 17.8 Å². The smallest absolute Gasteiger partial charge is 0.254 e. The van der Waals surface area contributed by atoms with Gasteiger partial charge in [0.05, 0.1) is 17.0 Å². The Labute approximate surface area is 124 Å². The van der Waals surface area contributed by atoms with Crippen molar-refractivity contribution < 1.29 is 9.90 Å². The van der Waals surface area contributed by atoms with Crippen LogP contribution in [0.25, 0.3) is 0 Å². The third kappa shape index (κ3) is 3.62. The van der Waals surface area contributed by atoms with Gasteiger partial charge in [-0.05, 0) is 31.7 Å². The molecular formula is C16H21NO2S. The number of hydrogen-bond donors (Lipinski definition) is 1. The number of thiophene rings is 1. The largest absolute Gasteiger partial charge is 0.395 e. The standard InChI is InChI=1S/C16H21NO2S/c1-12-6-7-13(2)17(10-12)16(19)14-9-15(20-11-14)5-3-4-8-18/h9,11-13,18H,4,6-8,10H2,1-2H3. The maximum atomic E-state index is 12.5. The zero-order chi connectivity index (χ0) is 14.5. The number of nitrogens with zero attached hydrogens (tertiary/aromatic N) is 1. The van der Waals surface area contributed by atoms with E-state index in [1.807, 2.05) is 16.3 Å². The lowest BCUT2D eigenvalue weighted by Gasteiger charge is -2.36. The first-order valence-corrected chi connectivity index (χ1v) is 7.99. The molecule has 108 valence electrons. The second-order valence-corrected chi connectivity index (χ2v) is 6.38. The van der Waals surface area contributed by atoms with Crippen LogP contribution >= 0.6 is 11.3 Å². The quantitative estimate of drug-likeness (QED) is 0.851. The highest BCUT2D eigenvalue weighted by Gasteiger charge is 2.27. The summed E-state index contributed by atoms with van der Waals surface area (Å²) in [6, 6.07) is 2.19. The predicted molar refractivity (Wildman–Crippen MR) is 81.8 cm³/mol. The lowest BCUT2D eigenvalue weighted by Crippen LogP contribution is -2.44. The number of piperidine rings is 1. The molecule has 0 saturated carbocycles. The summed E-state index contributed by atoms with van der Waals surface area (Å²) in [4.78, 5) is 15.4. The Bertz CT molecular complexity index is 526. The molecule has 1 aromatic rings. The Kier molecular flexibility index (Phi) is 5.22. The van der Waals surface area contributed by atoms with Gasteiger partial charge in [-0.1, -0.05) is 18.8 Å². The first-order chi connectivity index (χ1) is 9.61. The van der Waals surface area contributed by atoms with E-state index in [1.54, 1.807) is 0 Å². The Balaban J connectivity index is 2.07. The van der Waals surface area contributed by atoms with Crippen molar-refractivity contribution in [2.24, 2.45) is 5.92 Å². The minimum Gasteiger partial charge on any atom is -0.395 e. The minimum atomic E-state index is 0.0767. The predicted octanol–water partition coefficient (Wildman–Crippen LogP) is 2.74. The van der Waals surface area contributed by atoms with Gasteiger partial charge in [0.2, 0.25) is 0 Å². The van der Waals surface area contributed by atoms with Crippen molar-refractivity contribution >= 4 is 17.2 Å². The van der Waals surface area contributed by atoms with Gasteiger partial charge in [0.1, 0.15) is 0 Å². The summed E-state index contributed by atoms with van der Waals surface area (Å²) in [5.74, 6) is 6.57. The topological polar surface area (TPSA) is 40.5 Å². The molecule has 3 nitrogen and oxygen atoms in total. The number of carbonyl (C=O) groups excluding carboxylic acids is 1. The Morgan fingerprint density at radius 2 is 2.30 bits per heavy atom. The van der Waals surface area contributed by atoms with Gasteiger partial charge in [0.25, 0.3) is 5.91 Å². The molecule has 1 amide bonds. The van der Waals surface area contributed by atoms with Crippen molar-refractivity contribution in [1.29, 1.82) is 0 Å². The molecule has 0 aliphatic carbocycles. The lowest BCUT2D eigenvalue weighted by molar-refractivity contribution is 0.0574. The number of likely N-dealkylation sites (tertiary alicyclic amines) is 1. The summed E-state index contributed by atoms with van der Waals surface area (Å²) < 4.78 is 0. The Morgan fingerprint density at radius 3 is 3.05 bits per heavy atom. The summed E-state index contributed by atoms with van der Waals surface area (Å²) in [7, 11) is 0. The molecule has 4 heteroatoms. The molecule has 1 N–H and O–H groups in total. The second-order valence-electron chi connectivity index (χ2n) is 5.46. The van der Waals surface area contributed by atoms with Crippen LogP contribution in [-0.4, -0.2) is 35.1 Å². The molecule has 1 aliphatic rings. The van der Waals surface area contributed by atoms with E-state index in [9.17, 15) is 4.79 Å². The maximum Gasteiger partial charge on any atom is 0.254 e. The summed E-state index contributed by atoms with van der Waals surface area (Å²) in [5, 5.41) is 10.6. The van der Waals surface area contributed by atoms with Crippen molar-refractivity contribution in [3.63, 3.8) is 0 Å². The second kappa shape index (κ2) is 6.92. The lowest BCUT2D eigenvalue weighted by atomic mass is 9.94. The minimum absolute atomic E-state index is 0.0767. The van der Waals surface area contributed by atoms with Crippen molar-refractivity contribution in [3.05, 3.63) is 21.9 Å². The number of carbonyl (C=O) groups is 1. The van der Waals surface area contributed by atoms with Gasteiger partial charge in [-0.25, -0.2) is 0 Å². The summed E-state index contributed by atoms with van der Waals surface area (Å²) in [5.41, 5.74) is 0.740. The van der Waals surface area contributed by atoms with Gasteiger partial charge in [0, 0.05) is 24.4 Å². The SMILES string of the molecule is CC1CCC(C)N(C(=O)c2csc(C#CCCO)c2)C1. The molecule has 0 radical (unpaired) electrons. The molecule has 0 spiro atoms. The van der Waals surface area contributed by atoms with Crippen LogP contribution in [0.1, 0.15) is 48.3 Å². The fourth-order valence-electron chi connectivity index (χ4n) is 2.46. The Morgan fingerprint density at radius 1 is 1.50 bits per heavy atom. The highest BCUT2D eigenvalue weighted by molar-refractivity contribution is 7.10. The van der Waals surface area contributed by atoms with Crippen LogP contribution in [0.4, 0.5) is 0 Å². The number of aliphatic hydroxyl groups excluding tert-OH is 1. The molecule has 1 fully saturated rings. The molecule has 2 atom stereocenters. The van der Waals surface area contributed by atoms with E-state index in [-0.39, 0.29) is 12.5 Å². The first kappa shape index (κ1) is 15.1. The highest BCUT2D eigenvalue weighted by atomic mass is 32.1. The number of rotatable bonds is 2. The van der Waals surface area contributed by atoms with Crippen molar-refractivity contribution in [2.45, 2.75) is 39.2 Å². The van der Waals surface area contributed by atoms with E-state index in [0.717, 1.165) is 23.4 Å². The molecule has 0 bridgehead atoms. The van der Waals surface area contributed by atoms with E-state index in [4.69, 9.17) is 5.11 Å². The summed E-state index contributed by atoms with van der Waals surface area (Å²) >= 11 is 1.49. The molecule has 0 aromatic carbocycles. The first-order valence-electron chi connectivity index (χ1n) is 7.11. The Hall–Kier alpha value is -1.31. The average Bonchev–Trinajstić information content (AvgIpc) is 2.90. The van der Waals surface area contributed by atoms with Gasteiger partial charge < -0.3 is 10.0 Å². The van der Waals surface area contributed by atoms with E-state index in [0.29, 0.717) is 18.4 Å². The van der Waals surface area contributed by atoms with Crippen LogP contribution in [0.3, 0.4) is 0 Å². The van der Waals surface area contributed by atoms with Gasteiger partial charge in [-0.15, -0.1) is 11.3 Å². The zero-order valence-corrected chi connectivity index (χ0v) is 12.9. The monoisotopic (exact) mass is 291 g/mol. The van der Waals surface area contributed by atoms with Gasteiger partial charge >= 0.3 is 0 Å². The molecule has 2 unspecified atom stereocenters. The van der Waals surface area contributed by atoms with E-state index < -0.39 is 0 Å². The molecule has 2 heterocycles. The van der Waals surface area contributed by atoms with Crippen LogP contribution in [0, 0.1) is 17.8 Å². The van der Waals surface area contributed by atoms with Crippen molar-refractivity contribution in [2.75, 3.05) is 13.2 Å². The normalized spacial score (nSPS) is 22.2. The van der Waals surface area contributed by atoms with E-state index in [2.05, 4.69) is 25.7 Å². The molecular weight excluding hydrogens is 270 g/mol. The van der Waals surface area contributed by atoms with Crippen LogP contribution in [0.5, 0.6) is 0 Å². The van der Waals surface area contributed by atoms with E-state index >= 15 is 0 Å².